The zero-order chi connectivity index (χ0) is 14.9. The molecule has 1 amide bonds. The van der Waals surface area contributed by atoms with Gasteiger partial charge >= 0.3 is 10.2 Å². The van der Waals surface area contributed by atoms with Gasteiger partial charge in [0.2, 0.25) is 5.91 Å². The first-order valence-electron chi connectivity index (χ1n) is 5.86. The van der Waals surface area contributed by atoms with E-state index in [0.717, 1.165) is 11.0 Å². The van der Waals surface area contributed by atoms with Gasteiger partial charge in [0.15, 0.2) is 5.82 Å². The van der Waals surface area contributed by atoms with Crippen LogP contribution in [-0.2, 0) is 15.0 Å². The van der Waals surface area contributed by atoms with Gasteiger partial charge in [-0.15, -0.1) is 3.89 Å². The van der Waals surface area contributed by atoms with Crippen LogP contribution in [0.1, 0.15) is 6.42 Å². The SMILES string of the molecule is COc1ccc(N2CC(CS(=O)(=O)F)CC2=O)c(F)c1. The Morgan fingerprint density at radius 3 is 2.70 bits per heavy atom. The van der Waals surface area contributed by atoms with E-state index in [-0.39, 0.29) is 18.7 Å². The highest BCUT2D eigenvalue weighted by molar-refractivity contribution is 7.86. The van der Waals surface area contributed by atoms with Crippen LogP contribution in [0.3, 0.4) is 0 Å². The van der Waals surface area contributed by atoms with Gasteiger partial charge in [-0.25, -0.2) is 4.39 Å². The van der Waals surface area contributed by atoms with Crippen molar-refractivity contribution in [3.05, 3.63) is 24.0 Å². The monoisotopic (exact) mass is 305 g/mol. The Hall–Kier alpha value is -1.70. The van der Waals surface area contributed by atoms with E-state index < -0.39 is 33.6 Å². The molecule has 8 heteroatoms. The number of ether oxygens (including phenoxy) is 1. The fraction of sp³-hybridized carbons (Fsp3) is 0.417. The average molecular weight is 305 g/mol. The second-order valence-corrected chi connectivity index (χ2v) is 6.01. The number of methoxy groups -OCH3 is 1. The Labute approximate surface area is 115 Å². The quantitative estimate of drug-likeness (QED) is 0.791. The predicted octanol–water partition coefficient (Wildman–Crippen LogP) is 1.49. The van der Waals surface area contributed by atoms with E-state index >= 15 is 0 Å². The second kappa shape index (κ2) is 5.35. The van der Waals surface area contributed by atoms with E-state index in [1.807, 2.05) is 0 Å². The van der Waals surface area contributed by atoms with Gasteiger partial charge in [0.05, 0.1) is 18.6 Å². The molecule has 1 aliphatic heterocycles. The minimum Gasteiger partial charge on any atom is -0.497 e. The summed E-state index contributed by atoms with van der Waals surface area (Å²) in [5, 5.41) is 0. The van der Waals surface area contributed by atoms with Gasteiger partial charge in [-0.3, -0.25) is 4.79 Å². The predicted molar refractivity (Wildman–Crippen MR) is 68.3 cm³/mol. The van der Waals surface area contributed by atoms with Crippen molar-refractivity contribution in [2.24, 2.45) is 5.92 Å². The van der Waals surface area contributed by atoms with Crippen molar-refractivity contribution in [2.75, 3.05) is 24.3 Å². The molecular weight excluding hydrogens is 292 g/mol. The van der Waals surface area contributed by atoms with E-state index in [0.29, 0.717) is 5.75 Å². The molecule has 1 atom stereocenters. The molecule has 0 N–H and O–H groups in total. The van der Waals surface area contributed by atoms with Crippen molar-refractivity contribution < 1.29 is 26.2 Å². The number of hydrogen-bond donors (Lipinski definition) is 0. The van der Waals surface area contributed by atoms with Gasteiger partial charge in [-0.05, 0) is 12.1 Å². The lowest BCUT2D eigenvalue weighted by atomic mass is 10.1. The van der Waals surface area contributed by atoms with Crippen LogP contribution in [0.25, 0.3) is 0 Å². The third-order valence-electron chi connectivity index (χ3n) is 3.09. The Kier molecular flexibility index (Phi) is 3.94. The van der Waals surface area contributed by atoms with E-state index in [1.165, 1.54) is 19.2 Å². The smallest absolute Gasteiger partial charge is 0.302 e. The molecule has 1 aromatic carbocycles. The molecule has 2 rings (SSSR count). The number of rotatable bonds is 4. The normalized spacial score (nSPS) is 19.4. The van der Waals surface area contributed by atoms with Gasteiger partial charge in [-0.1, -0.05) is 0 Å². The van der Waals surface area contributed by atoms with Gasteiger partial charge < -0.3 is 9.64 Å². The van der Waals surface area contributed by atoms with Crippen LogP contribution in [0.5, 0.6) is 5.75 Å². The number of hydrogen-bond acceptors (Lipinski definition) is 4. The van der Waals surface area contributed by atoms with Crippen LogP contribution in [0.2, 0.25) is 0 Å². The van der Waals surface area contributed by atoms with Gasteiger partial charge in [0.25, 0.3) is 0 Å². The number of carbonyl (C=O) groups is 1. The lowest BCUT2D eigenvalue weighted by Gasteiger charge is -2.17. The first-order valence-corrected chi connectivity index (χ1v) is 7.41. The standard InChI is InChI=1S/C12H13F2NO4S/c1-19-9-2-3-11(10(13)5-9)15-6-8(4-12(15)16)7-20(14,17)18/h2-3,5,8H,4,6-7H2,1H3. The summed E-state index contributed by atoms with van der Waals surface area (Å²) in [5.41, 5.74) is 0.0366. The molecule has 1 aromatic rings. The first-order chi connectivity index (χ1) is 9.30. The number of halogens is 2. The molecule has 1 heterocycles. The van der Waals surface area contributed by atoms with E-state index in [9.17, 15) is 21.5 Å². The third-order valence-corrected chi connectivity index (χ3v) is 3.96. The third kappa shape index (κ3) is 3.24. The molecule has 1 aliphatic rings. The van der Waals surface area contributed by atoms with Crippen molar-refractivity contribution in [1.29, 1.82) is 0 Å². The van der Waals surface area contributed by atoms with Crippen LogP contribution in [-0.4, -0.2) is 33.7 Å². The molecule has 0 spiro atoms. The van der Waals surface area contributed by atoms with Crippen LogP contribution < -0.4 is 9.64 Å². The number of nitrogens with zero attached hydrogens (tertiary/aromatic N) is 1. The van der Waals surface area contributed by atoms with Gasteiger partial charge in [0.1, 0.15) is 5.75 Å². The lowest BCUT2D eigenvalue weighted by molar-refractivity contribution is -0.117. The zero-order valence-corrected chi connectivity index (χ0v) is 11.5. The lowest BCUT2D eigenvalue weighted by Crippen LogP contribution is -2.26. The summed E-state index contributed by atoms with van der Waals surface area (Å²) in [4.78, 5) is 12.9. The van der Waals surface area contributed by atoms with Crippen molar-refractivity contribution in [3.63, 3.8) is 0 Å². The van der Waals surface area contributed by atoms with Crippen molar-refractivity contribution in [2.45, 2.75) is 6.42 Å². The number of amides is 1. The largest absolute Gasteiger partial charge is 0.497 e. The number of anilines is 1. The minimum atomic E-state index is -4.65. The minimum absolute atomic E-state index is 0.0226. The van der Waals surface area contributed by atoms with Crippen molar-refractivity contribution in [1.82, 2.24) is 0 Å². The zero-order valence-electron chi connectivity index (χ0n) is 10.7. The fourth-order valence-electron chi connectivity index (χ4n) is 2.24. The maximum absolute atomic E-state index is 13.9. The van der Waals surface area contributed by atoms with Crippen LogP contribution >= 0.6 is 0 Å². The summed E-state index contributed by atoms with van der Waals surface area (Å²) in [6.07, 6.45) is -0.116. The molecule has 1 saturated heterocycles. The summed E-state index contributed by atoms with van der Waals surface area (Å²) in [6, 6.07) is 3.99. The Balaban J connectivity index is 2.20. The topological polar surface area (TPSA) is 63.7 Å². The summed E-state index contributed by atoms with van der Waals surface area (Å²) in [6.45, 7) is -0.0226. The van der Waals surface area contributed by atoms with E-state index in [2.05, 4.69) is 0 Å². The molecule has 20 heavy (non-hydrogen) atoms. The molecule has 0 bridgehead atoms. The highest BCUT2D eigenvalue weighted by atomic mass is 32.3. The molecule has 0 aromatic heterocycles. The molecule has 1 unspecified atom stereocenters. The van der Waals surface area contributed by atoms with E-state index in [4.69, 9.17) is 4.74 Å². The van der Waals surface area contributed by atoms with Gasteiger partial charge in [0, 0.05) is 24.9 Å². The second-order valence-electron chi connectivity index (χ2n) is 4.60. The Bertz CT molecular complexity index is 632. The molecule has 0 aliphatic carbocycles. The number of carbonyl (C=O) groups excluding carboxylic acids is 1. The highest BCUT2D eigenvalue weighted by Gasteiger charge is 2.34. The molecule has 5 nitrogen and oxygen atoms in total. The maximum Gasteiger partial charge on any atom is 0.302 e. The Morgan fingerprint density at radius 1 is 1.45 bits per heavy atom. The molecule has 0 radical (unpaired) electrons. The molecule has 110 valence electrons. The van der Waals surface area contributed by atoms with Crippen molar-refractivity contribution in [3.8, 4) is 5.75 Å². The fourth-order valence-corrected chi connectivity index (χ4v) is 3.03. The molecule has 0 saturated carbocycles. The number of benzene rings is 1. The first kappa shape index (κ1) is 14.7. The van der Waals surface area contributed by atoms with Crippen molar-refractivity contribution >= 4 is 21.8 Å². The molecule has 1 fully saturated rings. The van der Waals surface area contributed by atoms with Crippen LogP contribution in [0.15, 0.2) is 18.2 Å². The maximum atomic E-state index is 13.9. The summed E-state index contributed by atoms with van der Waals surface area (Å²) in [7, 11) is -3.26. The summed E-state index contributed by atoms with van der Waals surface area (Å²) in [5.74, 6) is -2.17. The molecular formula is C12H13F2NO4S. The Morgan fingerprint density at radius 2 is 2.15 bits per heavy atom. The highest BCUT2D eigenvalue weighted by Crippen LogP contribution is 2.30. The summed E-state index contributed by atoms with van der Waals surface area (Å²) >= 11 is 0. The average Bonchev–Trinajstić information content (AvgIpc) is 2.67. The van der Waals surface area contributed by atoms with E-state index in [1.54, 1.807) is 0 Å². The van der Waals surface area contributed by atoms with Gasteiger partial charge in [-0.2, -0.15) is 8.42 Å². The van der Waals surface area contributed by atoms with Crippen LogP contribution in [0.4, 0.5) is 14.0 Å². The van der Waals surface area contributed by atoms with Crippen LogP contribution in [0, 0.1) is 11.7 Å². The summed E-state index contributed by atoms with van der Waals surface area (Å²) < 4.78 is 52.5.